The van der Waals surface area contributed by atoms with E-state index in [9.17, 15) is 9.59 Å². The van der Waals surface area contributed by atoms with E-state index in [4.69, 9.17) is 23.7 Å². The number of nitrogens with zero attached hydrogens (tertiary/aromatic N) is 2. The summed E-state index contributed by atoms with van der Waals surface area (Å²) in [6, 6.07) is 18.3. The molecule has 214 valence electrons. The number of aliphatic carboxylic acids is 1. The number of hydrogen-bond donors (Lipinski definition) is 2. The normalized spacial score (nSPS) is 11.8. The lowest BCUT2D eigenvalue weighted by Gasteiger charge is -2.16. The van der Waals surface area contributed by atoms with Crippen molar-refractivity contribution in [2.75, 3.05) is 6.61 Å². The van der Waals surface area contributed by atoms with Crippen molar-refractivity contribution < 1.29 is 33.3 Å². The lowest BCUT2D eigenvalue weighted by atomic mass is 10.2. The summed E-state index contributed by atoms with van der Waals surface area (Å²) in [6.07, 6.45) is 0.357. The third-order valence-corrected chi connectivity index (χ3v) is 6.70. The number of carboxylic acid groups (broad SMARTS) is 1. The largest absolute Gasteiger partial charge is 0.490 e. The Labute approximate surface area is 245 Å². The van der Waals surface area contributed by atoms with Crippen molar-refractivity contribution in [1.82, 2.24) is 9.99 Å². The van der Waals surface area contributed by atoms with Crippen LogP contribution in [0, 0.1) is 13.8 Å². The van der Waals surface area contributed by atoms with Crippen LogP contribution in [-0.2, 0) is 11.4 Å². The van der Waals surface area contributed by atoms with Crippen molar-refractivity contribution >= 4 is 34.0 Å². The van der Waals surface area contributed by atoms with Gasteiger partial charge in [-0.05, 0) is 104 Å². The van der Waals surface area contributed by atoms with E-state index in [-0.39, 0.29) is 18.1 Å². The molecule has 0 aliphatic rings. The maximum atomic E-state index is 12.5. The van der Waals surface area contributed by atoms with Crippen LogP contribution in [0.4, 0.5) is 0 Å². The molecule has 0 aliphatic carbocycles. The molecule has 0 spiro atoms. The highest BCUT2D eigenvalue weighted by Crippen LogP contribution is 2.34. The van der Waals surface area contributed by atoms with Crippen LogP contribution in [0.5, 0.6) is 17.2 Å². The van der Waals surface area contributed by atoms with Gasteiger partial charge in [-0.1, -0.05) is 0 Å². The number of hydrogen-bond acceptors (Lipinski definition) is 7. The first-order valence-corrected chi connectivity index (χ1v) is 13.6. The molecule has 0 radical (unpaired) electrons. The zero-order chi connectivity index (χ0) is 29.5. The fourth-order valence-electron chi connectivity index (χ4n) is 3.97. The fourth-order valence-corrected chi connectivity index (χ4v) is 4.39. The van der Waals surface area contributed by atoms with Crippen molar-refractivity contribution in [3.05, 3.63) is 93.6 Å². The van der Waals surface area contributed by atoms with E-state index in [1.54, 1.807) is 31.2 Å². The molecule has 1 amide bonds. The van der Waals surface area contributed by atoms with Gasteiger partial charge in [-0.2, -0.15) is 5.10 Å². The van der Waals surface area contributed by atoms with Crippen LogP contribution in [-0.4, -0.2) is 40.5 Å². The highest BCUT2D eigenvalue weighted by Gasteiger charge is 2.18. The molecule has 2 N–H and O–H groups in total. The van der Waals surface area contributed by atoms with Gasteiger partial charge in [-0.25, -0.2) is 10.2 Å². The maximum Gasteiger partial charge on any atom is 0.344 e. The SMILES string of the molecule is CCOc1cc(/C=N/NC(=O)c2ccc(COc3ccc(-n4c(C)ccc4C)cc3)o2)c(Br)cc1O[C@H](C)C(=O)O. The summed E-state index contributed by atoms with van der Waals surface area (Å²) in [7, 11) is 0. The van der Waals surface area contributed by atoms with Gasteiger partial charge in [-0.3, -0.25) is 4.79 Å². The number of carbonyl (C=O) groups excluding carboxylic acids is 1. The van der Waals surface area contributed by atoms with E-state index >= 15 is 0 Å². The summed E-state index contributed by atoms with van der Waals surface area (Å²) in [5.74, 6) is 0.210. The third-order valence-electron chi connectivity index (χ3n) is 6.02. The molecule has 1 atom stereocenters. The number of carbonyl (C=O) groups is 2. The number of benzene rings is 2. The van der Waals surface area contributed by atoms with E-state index in [0.29, 0.717) is 33.9 Å². The van der Waals surface area contributed by atoms with Gasteiger partial charge in [0.2, 0.25) is 0 Å². The summed E-state index contributed by atoms with van der Waals surface area (Å²) in [5.41, 5.74) is 6.36. The third kappa shape index (κ3) is 7.37. The smallest absolute Gasteiger partial charge is 0.344 e. The first kappa shape index (κ1) is 29.5. The Hall–Kier alpha value is -4.51. The van der Waals surface area contributed by atoms with Gasteiger partial charge in [0.1, 0.15) is 18.1 Å². The molecule has 10 nitrogen and oxygen atoms in total. The lowest BCUT2D eigenvalue weighted by Crippen LogP contribution is -2.23. The Bertz CT molecular complexity index is 1540. The van der Waals surface area contributed by atoms with Crippen molar-refractivity contribution in [2.45, 2.75) is 40.4 Å². The van der Waals surface area contributed by atoms with Gasteiger partial charge in [0.25, 0.3) is 0 Å². The molecule has 0 unspecified atom stereocenters. The van der Waals surface area contributed by atoms with Crippen molar-refractivity contribution in [2.24, 2.45) is 5.10 Å². The van der Waals surface area contributed by atoms with E-state index < -0.39 is 18.0 Å². The van der Waals surface area contributed by atoms with Gasteiger partial charge >= 0.3 is 11.9 Å². The summed E-state index contributed by atoms with van der Waals surface area (Å²) < 4.78 is 25.2. The number of rotatable bonds is 12. The van der Waals surface area contributed by atoms with Gasteiger partial charge in [0.15, 0.2) is 23.4 Å². The molecule has 0 saturated carbocycles. The summed E-state index contributed by atoms with van der Waals surface area (Å²) >= 11 is 3.41. The number of nitrogens with one attached hydrogen (secondary N) is 1. The van der Waals surface area contributed by atoms with Crippen LogP contribution in [0.25, 0.3) is 5.69 Å². The predicted molar refractivity (Wildman–Crippen MR) is 156 cm³/mol. The van der Waals surface area contributed by atoms with Crippen LogP contribution in [0.1, 0.15) is 47.1 Å². The molecule has 0 aliphatic heterocycles. The van der Waals surface area contributed by atoms with Crippen molar-refractivity contribution in [3.8, 4) is 22.9 Å². The predicted octanol–water partition coefficient (Wildman–Crippen LogP) is 6.04. The number of hydrazone groups is 1. The first-order chi connectivity index (χ1) is 19.7. The van der Waals surface area contributed by atoms with Crippen LogP contribution in [0.2, 0.25) is 0 Å². The molecule has 2 heterocycles. The monoisotopic (exact) mass is 623 g/mol. The number of aromatic nitrogens is 1. The fraction of sp³-hybridized carbons (Fsp3) is 0.233. The van der Waals surface area contributed by atoms with Gasteiger partial charge < -0.3 is 28.3 Å². The average Bonchev–Trinajstić information content (AvgIpc) is 3.56. The molecular formula is C30H30BrN3O7. The van der Waals surface area contributed by atoms with Crippen LogP contribution in [0.3, 0.4) is 0 Å². The number of carboxylic acids is 1. The number of ether oxygens (including phenoxy) is 3. The lowest BCUT2D eigenvalue weighted by molar-refractivity contribution is -0.144. The van der Waals surface area contributed by atoms with E-state index in [1.165, 1.54) is 13.1 Å². The molecule has 4 aromatic rings. The minimum Gasteiger partial charge on any atom is -0.490 e. The second-order valence-electron chi connectivity index (χ2n) is 9.05. The zero-order valence-electron chi connectivity index (χ0n) is 23.0. The second kappa shape index (κ2) is 13.2. The maximum absolute atomic E-state index is 12.5. The molecule has 11 heteroatoms. The molecule has 0 bridgehead atoms. The number of halogens is 1. The van der Waals surface area contributed by atoms with Crippen LogP contribution in [0.15, 0.2) is 74.7 Å². The second-order valence-corrected chi connectivity index (χ2v) is 9.91. The molecular weight excluding hydrogens is 594 g/mol. The van der Waals surface area contributed by atoms with Crippen LogP contribution < -0.4 is 19.6 Å². The average molecular weight is 624 g/mol. The Morgan fingerprint density at radius 2 is 1.76 bits per heavy atom. The molecule has 2 aromatic heterocycles. The van der Waals surface area contributed by atoms with Gasteiger partial charge in [0.05, 0.1) is 12.8 Å². The summed E-state index contributed by atoms with van der Waals surface area (Å²) in [4.78, 5) is 23.7. The standard InChI is InChI=1S/C30H30BrN3O7/c1-5-38-27-14-21(25(31)15-28(27)40-20(4)30(36)37)16-32-33-29(35)26-13-12-24(41-26)17-39-23-10-8-22(9-11-23)34-18(2)6-7-19(34)3/h6-16,20H,5,17H2,1-4H3,(H,33,35)(H,36,37)/b32-16+/t20-/m1/s1. The summed E-state index contributed by atoms with van der Waals surface area (Å²) in [6.45, 7) is 7.83. The Balaban J connectivity index is 1.34. The van der Waals surface area contributed by atoms with E-state index in [0.717, 1.165) is 17.1 Å². The van der Waals surface area contributed by atoms with Gasteiger partial charge in [-0.15, -0.1) is 0 Å². The molecule has 0 saturated heterocycles. The van der Waals surface area contributed by atoms with Gasteiger partial charge in [0, 0.05) is 27.1 Å². The number of aryl methyl sites for hydroxylation is 2. The topological polar surface area (TPSA) is 125 Å². The minimum atomic E-state index is -1.10. The first-order valence-electron chi connectivity index (χ1n) is 12.8. The van der Waals surface area contributed by atoms with E-state index in [2.05, 4.69) is 57.0 Å². The number of amides is 1. The van der Waals surface area contributed by atoms with Crippen molar-refractivity contribution in [1.29, 1.82) is 0 Å². The molecule has 0 fully saturated rings. The zero-order valence-corrected chi connectivity index (χ0v) is 24.6. The molecule has 41 heavy (non-hydrogen) atoms. The molecule has 4 rings (SSSR count). The Morgan fingerprint density at radius 3 is 2.41 bits per heavy atom. The Kier molecular flexibility index (Phi) is 9.51. The molecule has 2 aromatic carbocycles. The highest BCUT2D eigenvalue weighted by atomic mass is 79.9. The quantitative estimate of drug-likeness (QED) is 0.145. The minimum absolute atomic E-state index is 0.0788. The van der Waals surface area contributed by atoms with Crippen LogP contribution >= 0.6 is 15.9 Å². The van der Waals surface area contributed by atoms with Crippen molar-refractivity contribution in [3.63, 3.8) is 0 Å². The van der Waals surface area contributed by atoms with E-state index in [1.807, 2.05) is 24.3 Å². The summed E-state index contributed by atoms with van der Waals surface area (Å²) in [5, 5.41) is 13.1. The number of furan rings is 1. The highest BCUT2D eigenvalue weighted by molar-refractivity contribution is 9.10. The Morgan fingerprint density at radius 1 is 1.05 bits per heavy atom.